The largest absolute Gasteiger partial charge is 0.748 e. The van der Waals surface area contributed by atoms with Crippen molar-refractivity contribution >= 4 is 20.2 Å². The third kappa shape index (κ3) is 7.69. The summed E-state index contributed by atoms with van der Waals surface area (Å²) in [5.74, 6) is -0.734. The fraction of sp³-hybridized carbons (Fsp3) is 0.371. The normalized spacial score (nSPS) is 13.9. The van der Waals surface area contributed by atoms with E-state index in [1.807, 2.05) is 58.2 Å². The van der Waals surface area contributed by atoms with E-state index in [4.69, 9.17) is 0 Å². The molecular formula is C35H40N2O6S2. The molecule has 10 heteroatoms. The van der Waals surface area contributed by atoms with Gasteiger partial charge in [-0.05, 0) is 69.5 Å². The van der Waals surface area contributed by atoms with Crippen LogP contribution >= 0.6 is 0 Å². The second-order valence-electron chi connectivity index (χ2n) is 12.0. The molecule has 0 saturated heterocycles. The molecule has 5 rings (SSSR count). The first-order valence-electron chi connectivity index (χ1n) is 15.6. The van der Waals surface area contributed by atoms with Crippen molar-refractivity contribution in [3.63, 3.8) is 0 Å². The van der Waals surface area contributed by atoms with Crippen molar-refractivity contribution in [2.24, 2.45) is 0 Å². The topological polar surface area (TPSA) is 122 Å². The van der Waals surface area contributed by atoms with Crippen LogP contribution < -0.4 is 9.13 Å². The summed E-state index contributed by atoms with van der Waals surface area (Å²) >= 11 is 0. The highest BCUT2D eigenvalue weighted by atomic mass is 32.2. The van der Waals surface area contributed by atoms with Crippen LogP contribution in [-0.2, 0) is 38.7 Å². The highest BCUT2D eigenvalue weighted by Gasteiger charge is 2.42. The van der Waals surface area contributed by atoms with Gasteiger partial charge in [0.2, 0.25) is 0 Å². The lowest BCUT2D eigenvalue weighted by molar-refractivity contribution is -0.696. The average molecular weight is 649 g/mol. The van der Waals surface area contributed by atoms with Gasteiger partial charge in [-0.1, -0.05) is 51.0 Å². The van der Waals surface area contributed by atoms with Crippen LogP contribution in [0.15, 0.2) is 85.5 Å². The van der Waals surface area contributed by atoms with Crippen LogP contribution in [0.2, 0.25) is 0 Å². The second-order valence-corrected chi connectivity index (χ2v) is 15.0. The zero-order valence-electron chi connectivity index (χ0n) is 25.8. The maximum atomic E-state index is 11.0. The van der Waals surface area contributed by atoms with Crippen LogP contribution in [0, 0.1) is 0 Å². The Morgan fingerprint density at radius 1 is 0.578 bits per heavy atom. The Kier molecular flexibility index (Phi) is 9.88. The molecule has 0 saturated carbocycles. The smallest absolute Gasteiger partial charge is 0.169 e. The van der Waals surface area contributed by atoms with Crippen molar-refractivity contribution in [2.75, 3.05) is 11.5 Å². The van der Waals surface area contributed by atoms with Gasteiger partial charge in [0.15, 0.2) is 24.8 Å². The van der Waals surface area contributed by atoms with Gasteiger partial charge in [-0.25, -0.2) is 26.0 Å². The Hall–Kier alpha value is -3.44. The Morgan fingerprint density at radius 2 is 0.956 bits per heavy atom. The quantitative estimate of drug-likeness (QED) is 0.135. The molecular weight excluding hydrogens is 609 g/mol. The summed E-state index contributed by atoms with van der Waals surface area (Å²) in [5.41, 5.74) is 9.55. The van der Waals surface area contributed by atoms with E-state index in [0.717, 1.165) is 47.9 Å². The minimum absolute atomic E-state index is 0.114. The summed E-state index contributed by atoms with van der Waals surface area (Å²) in [4.78, 5) is 0. The molecule has 45 heavy (non-hydrogen) atoms. The minimum atomic E-state index is -4.21. The molecule has 4 aromatic rings. The number of pyridine rings is 2. The Balaban J connectivity index is 1.44. The molecule has 0 unspecified atom stereocenters. The molecule has 0 amide bonds. The summed E-state index contributed by atoms with van der Waals surface area (Å²) in [7, 11) is -8.42. The van der Waals surface area contributed by atoms with E-state index in [0.29, 0.717) is 13.1 Å². The first-order valence-corrected chi connectivity index (χ1v) is 18.7. The lowest BCUT2D eigenvalue weighted by Gasteiger charge is -2.32. The molecule has 2 heterocycles. The average Bonchev–Trinajstić information content (AvgIpc) is 3.25. The van der Waals surface area contributed by atoms with Gasteiger partial charge in [-0.15, -0.1) is 0 Å². The molecule has 0 fully saturated rings. The molecule has 8 nitrogen and oxygen atoms in total. The molecule has 1 aliphatic carbocycles. The minimum Gasteiger partial charge on any atom is -0.748 e. The van der Waals surface area contributed by atoms with E-state index in [9.17, 15) is 25.9 Å². The van der Waals surface area contributed by atoms with Crippen molar-refractivity contribution in [3.8, 4) is 33.4 Å². The highest BCUT2D eigenvalue weighted by molar-refractivity contribution is 7.85. The zero-order valence-corrected chi connectivity index (χ0v) is 27.4. The van der Waals surface area contributed by atoms with E-state index in [-0.39, 0.29) is 29.8 Å². The van der Waals surface area contributed by atoms with E-state index in [1.165, 1.54) is 22.3 Å². The second kappa shape index (κ2) is 13.5. The SMILES string of the molecule is CCCC1(CCC)c2cc(-c3cc[n+](CCCS(=O)(=O)[O-])cc3)ccc2-c2ccc(-c3cc[n+](CCCS(=O)(=O)[O-])cc3)cc21. The molecule has 0 radical (unpaired) electrons. The van der Waals surface area contributed by atoms with Crippen LogP contribution in [0.3, 0.4) is 0 Å². The van der Waals surface area contributed by atoms with Gasteiger partial charge in [0.1, 0.15) is 13.1 Å². The first-order chi connectivity index (χ1) is 21.4. The fourth-order valence-electron chi connectivity index (χ4n) is 6.82. The predicted molar refractivity (Wildman–Crippen MR) is 172 cm³/mol. The molecule has 1 aliphatic rings. The van der Waals surface area contributed by atoms with Gasteiger partial charge in [0.05, 0.1) is 20.2 Å². The van der Waals surface area contributed by atoms with E-state index in [2.05, 4.69) is 50.2 Å². The number of rotatable bonds is 14. The highest BCUT2D eigenvalue weighted by Crippen LogP contribution is 2.55. The zero-order chi connectivity index (χ0) is 32.2. The van der Waals surface area contributed by atoms with Crippen LogP contribution in [0.25, 0.3) is 33.4 Å². The third-order valence-electron chi connectivity index (χ3n) is 8.78. The van der Waals surface area contributed by atoms with Crippen molar-refractivity contribution in [3.05, 3.63) is 96.6 Å². The van der Waals surface area contributed by atoms with Gasteiger partial charge < -0.3 is 9.11 Å². The van der Waals surface area contributed by atoms with Gasteiger partial charge >= 0.3 is 0 Å². The summed E-state index contributed by atoms with van der Waals surface area (Å²) in [6, 6.07) is 21.7. The Morgan fingerprint density at radius 3 is 1.29 bits per heavy atom. The van der Waals surface area contributed by atoms with Crippen molar-refractivity contribution < 1.29 is 35.1 Å². The monoisotopic (exact) mass is 648 g/mol. The van der Waals surface area contributed by atoms with Gasteiger partial charge in [0.25, 0.3) is 0 Å². The molecule has 0 spiro atoms. The molecule has 0 N–H and O–H groups in total. The molecule has 238 valence electrons. The summed E-state index contributed by atoms with van der Waals surface area (Å²) in [6.45, 7) is 5.41. The maximum absolute atomic E-state index is 11.0. The van der Waals surface area contributed by atoms with Gasteiger partial charge in [-0.3, -0.25) is 0 Å². The summed E-state index contributed by atoms with van der Waals surface area (Å²) < 4.78 is 69.5. The summed E-state index contributed by atoms with van der Waals surface area (Å²) in [6.07, 6.45) is 12.4. The van der Waals surface area contributed by atoms with Gasteiger partial charge in [0, 0.05) is 54.0 Å². The number of hydrogen-bond donors (Lipinski definition) is 0. The number of fused-ring (bicyclic) bond motifs is 3. The number of nitrogens with zero attached hydrogens (tertiary/aromatic N) is 2. The van der Waals surface area contributed by atoms with Crippen molar-refractivity contribution in [1.82, 2.24) is 0 Å². The summed E-state index contributed by atoms with van der Waals surface area (Å²) in [5, 5.41) is 0. The molecule has 0 bridgehead atoms. The lowest BCUT2D eigenvalue weighted by Crippen LogP contribution is -2.33. The van der Waals surface area contributed by atoms with Crippen molar-refractivity contribution in [1.29, 1.82) is 0 Å². The third-order valence-corrected chi connectivity index (χ3v) is 10.4. The number of aromatic nitrogens is 2. The van der Waals surface area contributed by atoms with Gasteiger partial charge in [-0.2, -0.15) is 0 Å². The van der Waals surface area contributed by atoms with E-state index >= 15 is 0 Å². The molecule has 2 aromatic carbocycles. The molecule has 0 atom stereocenters. The van der Waals surface area contributed by atoms with Crippen molar-refractivity contribution in [2.45, 2.75) is 70.9 Å². The van der Waals surface area contributed by atoms with Crippen LogP contribution in [0.5, 0.6) is 0 Å². The van der Waals surface area contributed by atoms with Crippen LogP contribution in [0.1, 0.15) is 63.5 Å². The fourth-order valence-corrected chi connectivity index (χ4v) is 7.78. The van der Waals surface area contributed by atoms with Crippen LogP contribution in [-0.4, -0.2) is 37.4 Å². The number of benzene rings is 2. The Labute approximate surface area is 266 Å². The lowest BCUT2D eigenvalue weighted by atomic mass is 9.71. The van der Waals surface area contributed by atoms with Crippen LogP contribution in [0.4, 0.5) is 0 Å². The molecule has 0 aliphatic heterocycles. The Bertz CT molecular complexity index is 1730. The number of aryl methyl sites for hydroxylation is 2. The first kappa shape index (κ1) is 32.9. The van der Waals surface area contributed by atoms with E-state index in [1.54, 1.807) is 0 Å². The number of hydrogen-bond acceptors (Lipinski definition) is 6. The molecule has 2 aromatic heterocycles. The predicted octanol–water partition coefficient (Wildman–Crippen LogP) is 5.33. The maximum Gasteiger partial charge on any atom is 0.169 e. The van der Waals surface area contributed by atoms with E-state index < -0.39 is 20.2 Å². The standard InChI is InChI=1S/C35H40N2O6S2/c1-3-15-35(16-4-2)33-25-29(27-11-19-36(20-12-27)17-5-23-44(38,39)40)7-9-31(33)32-10-8-30(26-34(32)35)28-13-21-37(22-14-28)18-6-24-45(41,42)43/h7-14,19-22,25-26H,3-6,15-18,23-24H2,1-2H3.